The first-order chi connectivity index (χ1) is 13.0. The van der Waals surface area contributed by atoms with Crippen molar-refractivity contribution in [2.45, 2.75) is 9.79 Å². The third-order valence-corrected chi connectivity index (χ3v) is 7.62. The molecule has 8 heteroatoms. The molecule has 0 atom stereocenters. The Morgan fingerprint density at radius 3 is 2.44 bits per heavy atom. The van der Waals surface area contributed by atoms with Gasteiger partial charge in [-0.05, 0) is 18.2 Å². The van der Waals surface area contributed by atoms with Gasteiger partial charge in [-0.15, -0.1) is 0 Å². The number of anilines is 1. The van der Waals surface area contributed by atoms with Crippen molar-refractivity contribution in [2.75, 3.05) is 17.0 Å². The van der Waals surface area contributed by atoms with Crippen LogP contribution in [-0.4, -0.2) is 30.2 Å². The monoisotopic (exact) mass is 416 g/mol. The number of hydrogen-bond donors (Lipinski definition) is 2. The van der Waals surface area contributed by atoms with E-state index >= 15 is 0 Å². The van der Waals surface area contributed by atoms with Crippen molar-refractivity contribution < 1.29 is 13.5 Å². The van der Waals surface area contributed by atoms with Crippen molar-refractivity contribution in [1.29, 1.82) is 0 Å². The predicted molar refractivity (Wildman–Crippen MR) is 113 cm³/mol. The molecular weight excluding hydrogens is 400 g/mol. The summed E-state index contributed by atoms with van der Waals surface area (Å²) >= 11 is 2.99. The zero-order valence-electron chi connectivity index (χ0n) is 14.1. The molecule has 0 saturated heterocycles. The van der Waals surface area contributed by atoms with Crippen molar-refractivity contribution >= 4 is 54.4 Å². The summed E-state index contributed by atoms with van der Waals surface area (Å²) in [5.74, 6) is 1.05. The van der Waals surface area contributed by atoms with Crippen LogP contribution in [0.3, 0.4) is 0 Å². The maximum absolute atomic E-state index is 12.8. The number of rotatable bonds is 4. The van der Waals surface area contributed by atoms with Crippen LogP contribution >= 0.6 is 23.5 Å². The van der Waals surface area contributed by atoms with Crippen molar-refractivity contribution in [2.24, 2.45) is 4.99 Å². The zero-order chi connectivity index (χ0) is 18.9. The molecule has 5 nitrogen and oxygen atoms in total. The fourth-order valence-electron chi connectivity index (χ4n) is 2.77. The highest BCUT2D eigenvalue weighted by Gasteiger charge is 2.20. The van der Waals surface area contributed by atoms with E-state index in [9.17, 15) is 13.5 Å². The standard InChI is InChI=1S/C19H16N2O3S3/c22-18-15-9-5-4-8-14(15)16(12-17(18)26-19-20-10-11-25-19)21-27(23,24)13-6-2-1-3-7-13/h1-9,12,21-22H,10-11H2. The zero-order valence-corrected chi connectivity index (χ0v) is 16.6. The van der Waals surface area contributed by atoms with Crippen molar-refractivity contribution in [3.8, 4) is 5.75 Å². The lowest BCUT2D eigenvalue weighted by Gasteiger charge is -2.14. The SMILES string of the molecule is O=S(=O)(Nc1cc(SC2=NCCS2)c(O)c2ccccc12)c1ccccc1. The molecule has 138 valence electrons. The topological polar surface area (TPSA) is 78.8 Å². The van der Waals surface area contributed by atoms with Gasteiger partial charge in [0.05, 0.1) is 22.0 Å². The lowest BCUT2D eigenvalue weighted by atomic mass is 10.1. The summed E-state index contributed by atoms with van der Waals surface area (Å²) in [6, 6.07) is 17.1. The number of sulfonamides is 1. The highest BCUT2D eigenvalue weighted by atomic mass is 32.2. The number of aliphatic imine (C=N–C) groups is 1. The molecule has 3 aromatic rings. The van der Waals surface area contributed by atoms with Crippen LogP contribution in [0.5, 0.6) is 5.75 Å². The van der Waals surface area contributed by atoms with Crippen LogP contribution in [0.25, 0.3) is 10.8 Å². The predicted octanol–water partition coefficient (Wildman–Crippen LogP) is 4.54. The van der Waals surface area contributed by atoms with E-state index < -0.39 is 10.0 Å². The summed E-state index contributed by atoms with van der Waals surface area (Å²) in [5, 5.41) is 11.9. The number of benzene rings is 3. The van der Waals surface area contributed by atoms with E-state index in [0.29, 0.717) is 21.4 Å². The van der Waals surface area contributed by atoms with Gasteiger partial charge in [-0.3, -0.25) is 9.71 Å². The highest BCUT2D eigenvalue weighted by Crippen LogP contribution is 2.42. The van der Waals surface area contributed by atoms with E-state index in [1.807, 2.05) is 12.1 Å². The molecule has 0 aromatic heterocycles. The van der Waals surface area contributed by atoms with E-state index in [2.05, 4.69) is 9.71 Å². The molecule has 0 bridgehead atoms. The van der Waals surface area contributed by atoms with Gasteiger partial charge in [0.25, 0.3) is 10.0 Å². The summed E-state index contributed by atoms with van der Waals surface area (Å²) in [5.41, 5.74) is 0.429. The lowest BCUT2D eigenvalue weighted by molar-refractivity contribution is 0.469. The van der Waals surface area contributed by atoms with Gasteiger partial charge in [0.2, 0.25) is 0 Å². The molecule has 0 saturated carbocycles. The third kappa shape index (κ3) is 3.78. The molecule has 0 radical (unpaired) electrons. The maximum Gasteiger partial charge on any atom is 0.261 e. The van der Waals surface area contributed by atoms with Crippen LogP contribution in [0.1, 0.15) is 0 Å². The van der Waals surface area contributed by atoms with Gasteiger partial charge >= 0.3 is 0 Å². The summed E-state index contributed by atoms with van der Waals surface area (Å²) in [7, 11) is -3.74. The van der Waals surface area contributed by atoms with E-state index in [1.54, 1.807) is 60.3 Å². The number of aromatic hydroxyl groups is 1. The van der Waals surface area contributed by atoms with E-state index in [0.717, 1.165) is 16.7 Å². The number of thioether (sulfide) groups is 2. The van der Waals surface area contributed by atoms with E-state index in [4.69, 9.17) is 0 Å². The number of phenols is 1. The minimum absolute atomic E-state index is 0.133. The molecule has 0 spiro atoms. The van der Waals surface area contributed by atoms with Crippen molar-refractivity contribution in [3.05, 3.63) is 60.7 Å². The molecule has 1 aliphatic heterocycles. The quantitative estimate of drug-likeness (QED) is 0.611. The van der Waals surface area contributed by atoms with Gasteiger partial charge in [0.15, 0.2) is 0 Å². The molecule has 0 fully saturated rings. The Hall–Kier alpha value is -2.16. The molecule has 1 aliphatic rings. The Morgan fingerprint density at radius 2 is 1.74 bits per heavy atom. The van der Waals surface area contributed by atoms with Gasteiger partial charge in [-0.25, -0.2) is 8.42 Å². The van der Waals surface area contributed by atoms with Crippen molar-refractivity contribution in [3.63, 3.8) is 0 Å². The normalized spacial score (nSPS) is 14.3. The third-order valence-electron chi connectivity index (χ3n) is 4.03. The first-order valence-electron chi connectivity index (χ1n) is 8.22. The smallest absolute Gasteiger partial charge is 0.261 e. The molecule has 4 rings (SSSR count). The molecule has 3 aromatic carbocycles. The first-order valence-corrected chi connectivity index (χ1v) is 11.5. The number of nitrogens with zero attached hydrogens (tertiary/aromatic N) is 1. The fraction of sp³-hybridized carbons (Fsp3) is 0.105. The number of phenolic OH excluding ortho intramolecular Hbond substituents is 1. The van der Waals surface area contributed by atoms with Gasteiger partial charge in [0.1, 0.15) is 10.1 Å². The second-order valence-corrected chi connectivity index (χ2v) is 9.89. The maximum atomic E-state index is 12.8. The van der Waals surface area contributed by atoms with Gasteiger partial charge in [-0.1, -0.05) is 66.0 Å². The molecule has 0 amide bonds. The Kier molecular flexibility index (Phi) is 5.03. The molecule has 27 heavy (non-hydrogen) atoms. The van der Waals surface area contributed by atoms with Gasteiger partial charge in [-0.2, -0.15) is 0 Å². The Balaban J connectivity index is 1.80. The molecule has 0 unspecified atom stereocenters. The highest BCUT2D eigenvalue weighted by molar-refractivity contribution is 8.39. The lowest BCUT2D eigenvalue weighted by Crippen LogP contribution is -2.13. The first kappa shape index (κ1) is 18.2. The van der Waals surface area contributed by atoms with E-state index in [-0.39, 0.29) is 10.6 Å². The minimum atomic E-state index is -3.74. The largest absolute Gasteiger partial charge is 0.506 e. The van der Waals surface area contributed by atoms with Gasteiger partial charge < -0.3 is 5.11 Å². The average Bonchev–Trinajstić information content (AvgIpc) is 3.19. The second kappa shape index (κ2) is 7.46. The molecule has 0 aliphatic carbocycles. The van der Waals surface area contributed by atoms with Crippen LogP contribution in [0, 0.1) is 0 Å². The number of fused-ring (bicyclic) bond motifs is 1. The molecular formula is C19H16N2O3S3. The molecule has 2 N–H and O–H groups in total. The average molecular weight is 417 g/mol. The van der Waals surface area contributed by atoms with Crippen LogP contribution < -0.4 is 4.72 Å². The number of hydrogen-bond acceptors (Lipinski definition) is 6. The van der Waals surface area contributed by atoms with Crippen LogP contribution in [0.4, 0.5) is 5.69 Å². The summed E-state index contributed by atoms with van der Waals surface area (Å²) in [4.78, 5) is 5.16. The van der Waals surface area contributed by atoms with Crippen LogP contribution in [0.15, 0.2) is 75.4 Å². The molecule has 1 heterocycles. The van der Waals surface area contributed by atoms with Gasteiger partial charge in [0, 0.05) is 16.5 Å². The fourth-order valence-corrected chi connectivity index (χ4v) is 5.89. The van der Waals surface area contributed by atoms with E-state index in [1.165, 1.54) is 11.8 Å². The van der Waals surface area contributed by atoms with Crippen molar-refractivity contribution in [1.82, 2.24) is 0 Å². The Labute approximate surface area is 166 Å². The van der Waals surface area contributed by atoms with Crippen LogP contribution in [-0.2, 0) is 10.0 Å². The summed E-state index contributed by atoms with van der Waals surface area (Å²) in [6.07, 6.45) is 0. The Bertz CT molecular complexity index is 1130. The second-order valence-electron chi connectivity index (χ2n) is 5.83. The number of nitrogens with one attached hydrogen (secondary N) is 1. The minimum Gasteiger partial charge on any atom is -0.506 e. The Morgan fingerprint density at radius 1 is 1.04 bits per heavy atom. The summed E-state index contributed by atoms with van der Waals surface area (Å²) < 4.78 is 29.1. The summed E-state index contributed by atoms with van der Waals surface area (Å²) in [6.45, 7) is 0.759. The van der Waals surface area contributed by atoms with Crippen LogP contribution in [0.2, 0.25) is 0 Å².